The Morgan fingerprint density at radius 3 is 2.67 bits per heavy atom. The van der Waals surface area contributed by atoms with Crippen LogP contribution in [0.25, 0.3) is 0 Å². The van der Waals surface area contributed by atoms with Gasteiger partial charge in [0.15, 0.2) is 0 Å². The number of nitrogens with zero attached hydrogens (tertiary/aromatic N) is 2. The Kier molecular flexibility index (Phi) is 7.56. The Balaban J connectivity index is 1.09. The zero-order valence-corrected chi connectivity index (χ0v) is 24.1. The van der Waals surface area contributed by atoms with E-state index in [0.717, 1.165) is 69.1 Å². The largest absolute Gasteiger partial charge is 0.431 e. The summed E-state index contributed by atoms with van der Waals surface area (Å²) < 4.78 is 5.24. The molecule has 214 valence electrons. The summed E-state index contributed by atoms with van der Waals surface area (Å²) in [5.41, 5.74) is 2.66. The van der Waals surface area contributed by atoms with E-state index in [4.69, 9.17) is 9.25 Å². The monoisotopic (exact) mass is 536 g/mol. The highest BCUT2D eigenvalue weighted by Gasteiger charge is 2.66. The first-order valence-electron chi connectivity index (χ1n) is 15.8. The van der Waals surface area contributed by atoms with Crippen molar-refractivity contribution >= 4 is 5.71 Å². The summed E-state index contributed by atoms with van der Waals surface area (Å²) in [5.74, 6) is 1.05. The Hall–Kier alpha value is -1.92. The summed E-state index contributed by atoms with van der Waals surface area (Å²) in [6.07, 6.45) is 18.4. The average Bonchev–Trinajstić information content (AvgIpc) is 3.23. The number of likely N-dealkylation sites (tertiary alicyclic amines) is 1. The predicted molar refractivity (Wildman–Crippen MR) is 154 cm³/mol. The minimum absolute atomic E-state index is 0.130. The van der Waals surface area contributed by atoms with Crippen molar-refractivity contribution < 1.29 is 14.4 Å². The molecule has 0 aromatic carbocycles. The molecule has 0 spiro atoms. The van der Waals surface area contributed by atoms with Crippen LogP contribution in [0.5, 0.6) is 0 Å². The lowest BCUT2D eigenvalue weighted by atomic mass is 9.45. The predicted octanol–water partition coefficient (Wildman–Crippen LogP) is 6.44. The zero-order chi connectivity index (χ0) is 27.1. The smallest absolute Gasteiger partial charge is 0.335 e. The highest BCUT2D eigenvalue weighted by Crippen LogP contribution is 2.69. The minimum Gasteiger partial charge on any atom is -0.431 e. The van der Waals surface area contributed by atoms with Crippen molar-refractivity contribution in [2.75, 3.05) is 26.2 Å². The molecule has 6 nitrogen and oxygen atoms in total. The molecule has 39 heavy (non-hydrogen) atoms. The zero-order valence-electron chi connectivity index (χ0n) is 24.1. The Morgan fingerprint density at radius 2 is 1.87 bits per heavy atom. The normalized spacial score (nSPS) is 39.5. The number of aliphatic hydroxyl groups is 1. The van der Waals surface area contributed by atoms with Gasteiger partial charge >= 0.3 is 5.63 Å². The SMILES string of the molecule is C[C@]12CCC(=NOCCCCN3CCCCC3)C=C1CCC1C2CC[C@]2(C)[C@@H](c3ccc(=O)oc3)CC[C@]12O. The molecule has 1 aliphatic heterocycles. The number of fused-ring (bicyclic) bond motifs is 5. The van der Waals surface area contributed by atoms with Crippen LogP contribution in [0.1, 0.15) is 109 Å². The second-order valence-electron chi connectivity index (χ2n) is 13.7. The van der Waals surface area contributed by atoms with E-state index in [2.05, 4.69) is 30.0 Å². The van der Waals surface area contributed by atoms with Gasteiger partial charge in [0.05, 0.1) is 17.6 Å². The second-order valence-corrected chi connectivity index (χ2v) is 13.7. The first-order valence-corrected chi connectivity index (χ1v) is 15.8. The summed E-state index contributed by atoms with van der Waals surface area (Å²) in [4.78, 5) is 19.9. The van der Waals surface area contributed by atoms with Gasteiger partial charge < -0.3 is 19.3 Å². The van der Waals surface area contributed by atoms with Crippen LogP contribution >= 0.6 is 0 Å². The van der Waals surface area contributed by atoms with Crippen LogP contribution in [0.15, 0.2) is 44.4 Å². The van der Waals surface area contributed by atoms with Gasteiger partial charge in [0.1, 0.15) is 6.61 Å². The lowest BCUT2D eigenvalue weighted by Crippen LogP contribution is -2.60. The van der Waals surface area contributed by atoms with Gasteiger partial charge in [-0.25, -0.2) is 4.79 Å². The van der Waals surface area contributed by atoms with Crippen LogP contribution in [0.2, 0.25) is 0 Å². The topological polar surface area (TPSA) is 75.3 Å². The maximum absolute atomic E-state index is 12.4. The van der Waals surface area contributed by atoms with E-state index >= 15 is 0 Å². The van der Waals surface area contributed by atoms with Crippen molar-refractivity contribution in [2.45, 2.75) is 109 Å². The molecule has 2 unspecified atom stereocenters. The third-order valence-electron chi connectivity index (χ3n) is 11.9. The Labute approximate surface area is 233 Å². The van der Waals surface area contributed by atoms with Gasteiger partial charge in [0.2, 0.25) is 0 Å². The molecule has 2 heterocycles. The summed E-state index contributed by atoms with van der Waals surface area (Å²) in [5, 5.41) is 17.0. The second kappa shape index (κ2) is 10.8. The lowest BCUT2D eigenvalue weighted by Gasteiger charge is -2.61. The fourth-order valence-corrected chi connectivity index (χ4v) is 9.53. The molecule has 0 radical (unpaired) electrons. The lowest BCUT2D eigenvalue weighted by molar-refractivity contribution is -0.176. The molecule has 1 aromatic rings. The van der Waals surface area contributed by atoms with E-state index in [9.17, 15) is 9.90 Å². The van der Waals surface area contributed by atoms with Crippen molar-refractivity contribution in [1.29, 1.82) is 0 Å². The standard InChI is InChI=1S/C33H48N2O4/c1-31-15-12-26(34-39-21-7-6-20-35-18-4-3-5-19-35)22-25(31)9-10-29-28(31)13-16-32(2)27(14-17-33(29,32)37)24-8-11-30(36)38-23-24/h8,11,22-23,27-29,37H,3-7,9-10,12-21H2,1-2H3/t27-,28?,29?,31+,32-,33+/m1/s1. The minimum atomic E-state index is -0.670. The summed E-state index contributed by atoms with van der Waals surface area (Å²) >= 11 is 0. The van der Waals surface area contributed by atoms with E-state index in [1.54, 1.807) is 6.26 Å². The van der Waals surface area contributed by atoms with Gasteiger partial charge in [0, 0.05) is 11.5 Å². The maximum atomic E-state index is 12.4. The van der Waals surface area contributed by atoms with Gasteiger partial charge in [-0.1, -0.05) is 31.0 Å². The molecule has 1 aromatic heterocycles. The molecule has 0 bridgehead atoms. The van der Waals surface area contributed by atoms with Crippen LogP contribution < -0.4 is 5.63 Å². The van der Waals surface area contributed by atoms with E-state index < -0.39 is 5.60 Å². The molecule has 6 rings (SSSR count). The van der Waals surface area contributed by atoms with E-state index in [1.165, 1.54) is 57.0 Å². The average molecular weight is 537 g/mol. The number of hydrogen-bond acceptors (Lipinski definition) is 6. The van der Waals surface area contributed by atoms with E-state index in [1.807, 2.05) is 6.07 Å². The molecule has 4 aliphatic carbocycles. The number of unbranched alkanes of at least 4 members (excludes halogenated alkanes) is 1. The van der Waals surface area contributed by atoms with Crippen molar-refractivity contribution in [3.63, 3.8) is 0 Å². The summed E-state index contributed by atoms with van der Waals surface area (Å²) in [6.45, 7) is 9.19. The molecule has 3 saturated carbocycles. The highest BCUT2D eigenvalue weighted by molar-refractivity contribution is 5.96. The molecule has 0 amide bonds. The number of rotatable bonds is 7. The molecule has 1 N–H and O–H groups in total. The van der Waals surface area contributed by atoms with Gasteiger partial charge in [-0.15, -0.1) is 0 Å². The number of piperidine rings is 1. The number of allylic oxidation sites excluding steroid dienone is 2. The first-order chi connectivity index (χ1) is 18.8. The molecule has 5 aliphatic rings. The molecule has 6 heteroatoms. The molecular weight excluding hydrogens is 488 g/mol. The van der Waals surface area contributed by atoms with Crippen molar-refractivity contribution in [2.24, 2.45) is 27.8 Å². The van der Waals surface area contributed by atoms with Gasteiger partial charge in [-0.3, -0.25) is 0 Å². The quantitative estimate of drug-likeness (QED) is 0.321. The fourth-order valence-electron chi connectivity index (χ4n) is 9.53. The third-order valence-corrected chi connectivity index (χ3v) is 11.9. The Morgan fingerprint density at radius 1 is 1.03 bits per heavy atom. The summed E-state index contributed by atoms with van der Waals surface area (Å²) in [7, 11) is 0. The van der Waals surface area contributed by atoms with Crippen molar-refractivity contribution in [3.05, 3.63) is 46.0 Å². The van der Waals surface area contributed by atoms with Gasteiger partial charge in [0.25, 0.3) is 0 Å². The van der Waals surface area contributed by atoms with Crippen molar-refractivity contribution in [1.82, 2.24) is 4.90 Å². The molecule has 6 atom stereocenters. The van der Waals surface area contributed by atoms with Gasteiger partial charge in [-0.05, 0) is 138 Å². The number of oxime groups is 1. The van der Waals surface area contributed by atoms with Crippen LogP contribution in [0, 0.1) is 22.7 Å². The highest BCUT2D eigenvalue weighted by atomic mass is 16.6. The van der Waals surface area contributed by atoms with Crippen LogP contribution in [-0.2, 0) is 4.84 Å². The van der Waals surface area contributed by atoms with Crippen LogP contribution in [0.3, 0.4) is 0 Å². The van der Waals surface area contributed by atoms with Crippen LogP contribution in [-0.4, -0.2) is 47.6 Å². The Bertz CT molecular complexity index is 1130. The fraction of sp³-hybridized carbons (Fsp3) is 0.758. The molecule has 4 fully saturated rings. The first kappa shape index (κ1) is 27.3. The number of hydrogen-bond donors (Lipinski definition) is 1. The van der Waals surface area contributed by atoms with E-state index in [-0.39, 0.29) is 22.4 Å². The van der Waals surface area contributed by atoms with Crippen molar-refractivity contribution in [3.8, 4) is 0 Å². The molecule has 1 saturated heterocycles. The van der Waals surface area contributed by atoms with Gasteiger partial charge in [-0.2, -0.15) is 0 Å². The van der Waals surface area contributed by atoms with Crippen LogP contribution in [0.4, 0.5) is 0 Å². The summed E-state index contributed by atoms with van der Waals surface area (Å²) in [6, 6.07) is 3.45. The van der Waals surface area contributed by atoms with E-state index in [0.29, 0.717) is 18.4 Å². The third kappa shape index (κ3) is 4.84. The molecular formula is C33H48N2O4. The maximum Gasteiger partial charge on any atom is 0.335 e.